The summed E-state index contributed by atoms with van der Waals surface area (Å²) >= 11 is 9.96. The van der Waals surface area contributed by atoms with Crippen molar-refractivity contribution in [1.29, 1.82) is 0 Å². The van der Waals surface area contributed by atoms with Crippen LogP contribution in [0.2, 0.25) is 0 Å². The van der Waals surface area contributed by atoms with Crippen LogP contribution in [0.1, 0.15) is 22.2 Å². The molecule has 0 aliphatic carbocycles. The van der Waals surface area contributed by atoms with Crippen LogP contribution in [-0.4, -0.2) is 88.8 Å². The van der Waals surface area contributed by atoms with Crippen LogP contribution in [0.25, 0.3) is 11.2 Å². The second-order valence-electron chi connectivity index (χ2n) is 8.22. The summed E-state index contributed by atoms with van der Waals surface area (Å²) < 4.78 is 138. The minimum absolute atomic E-state index is 0. The number of ether oxygens (including phenoxy) is 1. The summed E-state index contributed by atoms with van der Waals surface area (Å²) in [7, 11) is -19.1. The standard InChI is InChI=1S/C17H25Cl2F3N5O12P3S2.4Na/c1-43-5-3-23-12-9-13(26-15(25-12)44-4-2-16(20,21)22)27(7-24-9)14-11(29)10(28)8(38-14)6-37-42(35,36)39-41(33,34)17(18,19)40(30,31)32;;;;/h7-8,10-11,14,28-29H,2-6H2,1H3,(H,33,34)(H,35,36)(H,23,25,26)(H2,30,31,32);;;;/q;4*+1/p-4/t8-,10-,11-,14-;;;;/m1..../s1/i1D3,3D2,5D2;;;;. The van der Waals surface area contributed by atoms with Gasteiger partial charge in [0.2, 0.25) is 3.82 Å². The van der Waals surface area contributed by atoms with Gasteiger partial charge in [-0.2, -0.15) is 24.9 Å². The quantitative estimate of drug-likeness (QED) is 0.0493. The van der Waals surface area contributed by atoms with E-state index in [0.717, 1.165) is 10.9 Å². The Balaban J connectivity index is 0. The summed E-state index contributed by atoms with van der Waals surface area (Å²) in [6, 6.07) is 0. The molecule has 2 aromatic heterocycles. The van der Waals surface area contributed by atoms with E-state index in [1.165, 1.54) is 0 Å². The number of phosphoric ester groups is 1. The molecule has 2 aromatic rings. The second kappa shape index (κ2) is 21.9. The van der Waals surface area contributed by atoms with Gasteiger partial charge in [-0.3, -0.25) is 13.4 Å². The minimum Gasteiger partial charge on any atom is -0.808 e. The smallest absolute Gasteiger partial charge is 0.808 e. The van der Waals surface area contributed by atoms with Crippen LogP contribution in [0.4, 0.5) is 19.0 Å². The Morgan fingerprint density at radius 1 is 1.15 bits per heavy atom. The Bertz CT molecular complexity index is 1770. The molecule has 0 spiro atoms. The van der Waals surface area contributed by atoms with Gasteiger partial charge < -0.3 is 53.5 Å². The molecule has 6 atom stereocenters. The average Bonchev–Trinajstić information content (AvgIpc) is 3.44. The Morgan fingerprint density at radius 3 is 2.33 bits per heavy atom. The number of rotatable bonds is 15. The molecule has 1 aliphatic rings. The van der Waals surface area contributed by atoms with Crippen molar-refractivity contribution in [3.05, 3.63) is 6.33 Å². The monoisotopic (exact) mass is 870 g/mol. The number of imidazole rings is 1. The van der Waals surface area contributed by atoms with E-state index in [1.807, 2.05) is 5.32 Å². The third-order valence-electron chi connectivity index (χ3n) is 5.18. The molecule has 3 rings (SSSR count). The normalized spacial score (nSPS) is 25.4. The number of anilines is 1. The molecule has 2 unspecified atom stereocenters. The zero-order valence-corrected chi connectivity index (χ0v) is 38.6. The third-order valence-corrected chi connectivity index (χ3v) is 13.6. The van der Waals surface area contributed by atoms with Crippen molar-refractivity contribution in [2.45, 2.75) is 46.1 Å². The van der Waals surface area contributed by atoms with E-state index in [-0.39, 0.29) is 130 Å². The maximum atomic E-state index is 12.8. The fraction of sp³-hybridized carbons (Fsp3) is 0.706. The fourth-order valence-corrected chi connectivity index (χ4v) is 8.19. The summed E-state index contributed by atoms with van der Waals surface area (Å²) in [5.41, 5.74) is -4.13. The maximum absolute atomic E-state index is 12.8. The van der Waals surface area contributed by atoms with Crippen LogP contribution < -0.4 is 143 Å². The number of nitrogens with zero attached hydrogens (tertiary/aromatic N) is 4. The first-order valence-corrected chi connectivity index (χ1v) is 18.1. The number of fused-ring (bicyclic) bond motifs is 1. The Morgan fingerprint density at radius 2 is 1.77 bits per heavy atom. The summed E-state index contributed by atoms with van der Waals surface area (Å²) in [6.45, 7) is -4.64. The molecule has 1 fully saturated rings. The van der Waals surface area contributed by atoms with Gasteiger partial charge in [0.15, 0.2) is 36.0 Å². The molecule has 0 aromatic carbocycles. The zero-order valence-electron chi connectivity index (χ0n) is 31.8. The van der Waals surface area contributed by atoms with E-state index in [4.69, 9.17) is 37.5 Å². The minimum atomic E-state index is -6.51. The summed E-state index contributed by atoms with van der Waals surface area (Å²) in [5.74, 6) is -1.36. The van der Waals surface area contributed by atoms with Crippen molar-refractivity contribution in [3.63, 3.8) is 0 Å². The predicted octanol–water partition coefficient (Wildman–Crippen LogP) is -11.7. The summed E-state index contributed by atoms with van der Waals surface area (Å²) in [4.78, 5) is 58.1. The van der Waals surface area contributed by atoms with Gasteiger partial charge in [0.25, 0.3) is 7.82 Å². The Hall–Kier alpha value is 3.75. The number of phosphoric acid groups is 1. The van der Waals surface area contributed by atoms with Gasteiger partial charge in [0.05, 0.1) is 19.4 Å². The van der Waals surface area contributed by atoms with Crippen LogP contribution >= 0.6 is 69.7 Å². The molecule has 0 saturated carbocycles. The molecule has 3 N–H and O–H groups in total. The number of aromatic nitrogens is 4. The van der Waals surface area contributed by atoms with Gasteiger partial charge in [0.1, 0.15) is 18.3 Å². The van der Waals surface area contributed by atoms with Crippen LogP contribution in [-0.2, 0) is 27.3 Å². The number of hydrogen-bond donors (Lipinski definition) is 3. The van der Waals surface area contributed by atoms with Gasteiger partial charge in [-0.25, -0.2) is 15.0 Å². The van der Waals surface area contributed by atoms with Gasteiger partial charge in [0, 0.05) is 27.5 Å². The van der Waals surface area contributed by atoms with Gasteiger partial charge in [-0.15, -0.1) is 0 Å². The first kappa shape index (κ1) is 41.4. The van der Waals surface area contributed by atoms with E-state index >= 15 is 0 Å². The topological polar surface area (TPSA) is 267 Å². The molecule has 0 amide bonds. The SMILES string of the molecule is [2H]C([2H])([2H])SC([2H])([2H])C([2H])([2H])Nc1nc(SCCC(F)(F)F)nc2c1ncn2[C@@H]1O[C@H](COP(=O)([O-])OP(=O)([O-])C(Cl)(Cl)P(=O)([O-])[O-])[C@@H](O)[C@H]1O.[Na+].[Na+].[Na+].[Na+]. The number of halogens is 5. The van der Waals surface area contributed by atoms with Crippen LogP contribution in [0.15, 0.2) is 11.5 Å². The maximum Gasteiger partial charge on any atom is 1.00 e. The van der Waals surface area contributed by atoms with Crippen molar-refractivity contribution in [1.82, 2.24) is 19.5 Å². The number of nitrogens with one attached hydrogen (secondary N) is 1. The van der Waals surface area contributed by atoms with E-state index in [2.05, 4.69) is 23.8 Å². The number of hydrogen-bond acceptors (Lipinski definition) is 18. The molecule has 48 heavy (non-hydrogen) atoms. The van der Waals surface area contributed by atoms with E-state index < -0.39 is 117 Å². The summed E-state index contributed by atoms with van der Waals surface area (Å²) in [6.07, 6.45) is -16.1. The molecular weight excluding hydrogens is 843 g/mol. The largest absolute Gasteiger partial charge is 1.00 e. The van der Waals surface area contributed by atoms with Crippen molar-refractivity contribution in [2.75, 3.05) is 36.1 Å². The van der Waals surface area contributed by atoms with Crippen molar-refractivity contribution >= 4 is 86.7 Å². The van der Waals surface area contributed by atoms with Crippen molar-refractivity contribution < 1.29 is 198 Å². The number of aliphatic hydroxyl groups is 2. The fourth-order valence-electron chi connectivity index (χ4n) is 3.22. The van der Waals surface area contributed by atoms with E-state index in [1.54, 1.807) is 0 Å². The van der Waals surface area contributed by atoms with E-state index in [9.17, 15) is 56.7 Å². The number of thioether (sulfide) groups is 2. The van der Waals surface area contributed by atoms with E-state index in [0.29, 0.717) is 11.8 Å². The van der Waals surface area contributed by atoms with Crippen LogP contribution in [0, 0.1) is 0 Å². The van der Waals surface area contributed by atoms with Crippen molar-refractivity contribution in [3.8, 4) is 0 Å². The van der Waals surface area contributed by atoms with Crippen LogP contribution in [0.5, 0.6) is 0 Å². The molecule has 252 valence electrons. The van der Waals surface area contributed by atoms with Gasteiger partial charge in [-0.1, -0.05) is 35.0 Å². The van der Waals surface area contributed by atoms with Gasteiger partial charge >= 0.3 is 124 Å². The molecule has 0 bridgehead atoms. The molecule has 31 heteroatoms. The molecule has 1 saturated heterocycles. The van der Waals surface area contributed by atoms with Crippen molar-refractivity contribution in [2.24, 2.45) is 0 Å². The summed E-state index contributed by atoms with van der Waals surface area (Å²) in [5, 5.41) is 22.7. The molecule has 3 heterocycles. The Labute approximate surface area is 388 Å². The number of aliphatic hydroxyl groups excluding tert-OH is 2. The first-order valence-electron chi connectivity index (χ1n) is 14.5. The molecule has 0 radical (unpaired) electrons. The molecular formula is C17H21Cl2F3N5Na4O12P3S2. The molecule has 1 aliphatic heterocycles. The van der Waals surface area contributed by atoms with Gasteiger partial charge in [-0.05, 0) is 13.8 Å². The number of alkyl halides is 5. The third kappa shape index (κ3) is 14.4. The van der Waals surface area contributed by atoms with Crippen LogP contribution in [0.3, 0.4) is 0 Å². The zero-order chi connectivity index (χ0) is 39.4. The average molecular weight is 871 g/mol. The Kier molecular flexibility index (Phi) is 18.9. The molecule has 17 nitrogen and oxygen atoms in total. The first-order chi connectivity index (χ1) is 22.7. The second-order valence-corrected chi connectivity index (χ2v) is 17.6. The predicted molar refractivity (Wildman–Crippen MR) is 144 cm³/mol.